The second-order valence-electron chi connectivity index (χ2n) is 5.97. The van der Waals surface area contributed by atoms with Crippen LogP contribution in [-0.2, 0) is 4.79 Å². The Hall–Kier alpha value is -1.82. The van der Waals surface area contributed by atoms with Crippen LogP contribution in [0, 0.1) is 0 Å². The molecule has 2 fully saturated rings. The second-order valence-corrected chi connectivity index (χ2v) is 6.36. The normalized spacial score (nSPS) is 20.7. The van der Waals surface area contributed by atoms with Crippen molar-refractivity contribution in [3.05, 3.63) is 23.5 Å². The zero-order chi connectivity index (χ0) is 15.7. The zero-order valence-electron chi connectivity index (χ0n) is 12.2. The molecule has 7 heteroatoms. The molecule has 1 N–H and O–H groups in total. The highest BCUT2D eigenvalue weighted by molar-refractivity contribution is 6.29. The fourth-order valence-electron chi connectivity index (χ4n) is 3.53. The summed E-state index contributed by atoms with van der Waals surface area (Å²) >= 11 is 5.79. The van der Waals surface area contributed by atoms with E-state index in [1.807, 2.05) is 0 Å². The molecule has 1 saturated carbocycles. The third-order valence-electron chi connectivity index (χ3n) is 4.59. The number of halogens is 1. The van der Waals surface area contributed by atoms with E-state index in [2.05, 4.69) is 4.98 Å². The van der Waals surface area contributed by atoms with E-state index >= 15 is 0 Å². The molecule has 1 aromatic heterocycles. The van der Waals surface area contributed by atoms with E-state index in [-0.39, 0.29) is 18.1 Å². The standard InChI is InChI=1S/C15H18ClN3O3/c16-12-5-4-11(8-17-12)18-10-15(6-2-1-3-7-15)19(14(18)22)9-13(20)21/h4-5,8H,1-3,6-7,9-10H2,(H,20,21). The van der Waals surface area contributed by atoms with Crippen LogP contribution >= 0.6 is 11.6 Å². The van der Waals surface area contributed by atoms with Gasteiger partial charge >= 0.3 is 12.0 Å². The van der Waals surface area contributed by atoms with Crippen LogP contribution in [-0.4, -0.2) is 45.6 Å². The van der Waals surface area contributed by atoms with E-state index in [1.165, 1.54) is 4.90 Å². The molecule has 1 saturated heterocycles. The summed E-state index contributed by atoms with van der Waals surface area (Å²) in [6.07, 6.45) is 6.44. The minimum atomic E-state index is -0.977. The molecule has 6 nitrogen and oxygen atoms in total. The molecule has 2 amide bonds. The topological polar surface area (TPSA) is 73.7 Å². The van der Waals surface area contributed by atoms with Gasteiger partial charge in [0, 0.05) is 0 Å². The Bertz CT molecular complexity index is 584. The van der Waals surface area contributed by atoms with Gasteiger partial charge in [-0.3, -0.25) is 9.69 Å². The Labute approximate surface area is 133 Å². The fraction of sp³-hybridized carbons (Fsp3) is 0.533. The first-order valence-corrected chi connectivity index (χ1v) is 7.82. The molecule has 1 aliphatic heterocycles. The van der Waals surface area contributed by atoms with Gasteiger partial charge in [-0.05, 0) is 25.0 Å². The Morgan fingerprint density at radius 1 is 1.32 bits per heavy atom. The number of anilines is 1. The monoisotopic (exact) mass is 323 g/mol. The van der Waals surface area contributed by atoms with E-state index in [1.54, 1.807) is 23.2 Å². The average Bonchev–Trinajstić information content (AvgIpc) is 2.74. The van der Waals surface area contributed by atoms with E-state index in [0.717, 1.165) is 32.1 Å². The highest BCUT2D eigenvalue weighted by Gasteiger charge is 2.50. The molecule has 0 radical (unpaired) electrons. The molecular formula is C15H18ClN3O3. The minimum absolute atomic E-state index is 0.254. The van der Waals surface area contributed by atoms with Crippen LogP contribution in [0.25, 0.3) is 0 Å². The Balaban J connectivity index is 1.92. The maximum absolute atomic E-state index is 12.7. The summed E-state index contributed by atoms with van der Waals surface area (Å²) in [6, 6.07) is 3.12. The first-order chi connectivity index (χ1) is 10.5. The minimum Gasteiger partial charge on any atom is -0.480 e. The molecule has 2 aliphatic rings. The number of amides is 2. The second kappa shape index (κ2) is 5.76. The Morgan fingerprint density at radius 2 is 2.05 bits per heavy atom. The lowest BCUT2D eigenvalue weighted by Gasteiger charge is -2.39. The highest BCUT2D eigenvalue weighted by atomic mass is 35.5. The van der Waals surface area contributed by atoms with Crippen molar-refractivity contribution in [2.24, 2.45) is 0 Å². The van der Waals surface area contributed by atoms with E-state index < -0.39 is 5.97 Å². The summed E-state index contributed by atoms with van der Waals surface area (Å²) in [5, 5.41) is 9.52. The molecule has 1 aliphatic carbocycles. The lowest BCUT2D eigenvalue weighted by molar-refractivity contribution is -0.138. The van der Waals surface area contributed by atoms with Crippen LogP contribution in [0.1, 0.15) is 32.1 Å². The first-order valence-electron chi connectivity index (χ1n) is 7.44. The number of nitrogens with zero attached hydrogens (tertiary/aromatic N) is 3. The zero-order valence-corrected chi connectivity index (χ0v) is 12.9. The molecule has 1 spiro atoms. The van der Waals surface area contributed by atoms with Crippen molar-refractivity contribution in [2.75, 3.05) is 18.0 Å². The van der Waals surface area contributed by atoms with E-state index in [0.29, 0.717) is 17.4 Å². The smallest absolute Gasteiger partial charge is 0.325 e. The van der Waals surface area contributed by atoms with Crippen molar-refractivity contribution >= 4 is 29.3 Å². The Kier molecular flexibility index (Phi) is 3.95. The molecule has 118 valence electrons. The maximum atomic E-state index is 12.7. The summed E-state index contributed by atoms with van der Waals surface area (Å²) in [6.45, 7) is 0.263. The molecule has 0 aromatic carbocycles. The number of rotatable bonds is 3. The van der Waals surface area contributed by atoms with Gasteiger partial charge in [0.1, 0.15) is 11.7 Å². The molecular weight excluding hydrogens is 306 g/mol. The van der Waals surface area contributed by atoms with Gasteiger partial charge in [0.25, 0.3) is 0 Å². The number of carboxylic acids is 1. The number of urea groups is 1. The van der Waals surface area contributed by atoms with Crippen LogP contribution < -0.4 is 4.90 Å². The quantitative estimate of drug-likeness (QED) is 0.868. The van der Waals surface area contributed by atoms with Crippen molar-refractivity contribution in [3.63, 3.8) is 0 Å². The predicted molar refractivity (Wildman–Crippen MR) is 82.1 cm³/mol. The van der Waals surface area contributed by atoms with Crippen molar-refractivity contribution < 1.29 is 14.7 Å². The first kappa shape index (κ1) is 15.1. The predicted octanol–water partition coefficient (Wildman–Crippen LogP) is 2.76. The van der Waals surface area contributed by atoms with Crippen LogP contribution in [0.5, 0.6) is 0 Å². The van der Waals surface area contributed by atoms with Crippen LogP contribution in [0.2, 0.25) is 5.15 Å². The van der Waals surface area contributed by atoms with Gasteiger partial charge < -0.3 is 10.0 Å². The van der Waals surface area contributed by atoms with E-state index in [4.69, 9.17) is 16.7 Å². The van der Waals surface area contributed by atoms with Crippen molar-refractivity contribution in [1.82, 2.24) is 9.88 Å². The average molecular weight is 324 g/mol. The van der Waals surface area contributed by atoms with Gasteiger partial charge in [0.15, 0.2) is 0 Å². The number of hydrogen-bond acceptors (Lipinski definition) is 3. The lowest BCUT2D eigenvalue weighted by atomic mass is 9.81. The van der Waals surface area contributed by atoms with Gasteiger partial charge in [-0.1, -0.05) is 30.9 Å². The molecule has 1 aromatic rings. The summed E-state index contributed by atoms with van der Waals surface area (Å²) in [7, 11) is 0. The largest absolute Gasteiger partial charge is 0.480 e. The third-order valence-corrected chi connectivity index (χ3v) is 4.81. The molecule has 3 rings (SSSR count). The summed E-state index contributed by atoms with van der Waals surface area (Å²) in [4.78, 5) is 31.1. The highest BCUT2D eigenvalue weighted by Crippen LogP contribution is 2.40. The van der Waals surface area contributed by atoms with Crippen molar-refractivity contribution in [1.29, 1.82) is 0 Å². The fourth-order valence-corrected chi connectivity index (χ4v) is 3.65. The van der Waals surface area contributed by atoms with Gasteiger partial charge in [0.05, 0.1) is 24.0 Å². The van der Waals surface area contributed by atoms with Gasteiger partial charge in [-0.15, -0.1) is 0 Å². The summed E-state index contributed by atoms with van der Waals surface area (Å²) in [5.41, 5.74) is 0.292. The summed E-state index contributed by atoms with van der Waals surface area (Å²) < 4.78 is 0. The van der Waals surface area contributed by atoms with E-state index in [9.17, 15) is 9.59 Å². The maximum Gasteiger partial charge on any atom is 0.325 e. The SMILES string of the molecule is O=C(O)CN1C(=O)N(c2ccc(Cl)nc2)CC12CCCCC2. The molecule has 2 heterocycles. The number of carbonyl (C=O) groups is 2. The van der Waals surface area contributed by atoms with Gasteiger partial charge in [-0.2, -0.15) is 0 Å². The third kappa shape index (κ3) is 2.63. The Morgan fingerprint density at radius 3 is 2.64 bits per heavy atom. The van der Waals surface area contributed by atoms with Crippen LogP contribution in [0.15, 0.2) is 18.3 Å². The molecule has 0 unspecified atom stereocenters. The number of hydrogen-bond donors (Lipinski definition) is 1. The summed E-state index contributed by atoms with van der Waals surface area (Å²) in [5.74, 6) is -0.977. The van der Waals surface area contributed by atoms with Gasteiger partial charge in [-0.25, -0.2) is 9.78 Å². The number of aromatic nitrogens is 1. The number of carbonyl (C=O) groups excluding carboxylic acids is 1. The van der Waals surface area contributed by atoms with Crippen molar-refractivity contribution in [2.45, 2.75) is 37.6 Å². The van der Waals surface area contributed by atoms with Crippen LogP contribution in [0.3, 0.4) is 0 Å². The van der Waals surface area contributed by atoms with Crippen molar-refractivity contribution in [3.8, 4) is 0 Å². The van der Waals surface area contributed by atoms with Crippen LogP contribution in [0.4, 0.5) is 10.5 Å². The number of aliphatic carboxylic acids is 1. The molecule has 22 heavy (non-hydrogen) atoms. The molecule has 0 atom stereocenters. The number of carboxylic acid groups (broad SMARTS) is 1. The molecule has 0 bridgehead atoms. The lowest BCUT2D eigenvalue weighted by Crippen LogP contribution is -2.50. The van der Waals surface area contributed by atoms with Gasteiger partial charge in [0.2, 0.25) is 0 Å². The number of pyridine rings is 1.